The van der Waals surface area contributed by atoms with Crippen LogP contribution in [0.5, 0.6) is 11.5 Å². The molecule has 0 fully saturated rings. The Bertz CT molecular complexity index is 434. The summed E-state index contributed by atoms with van der Waals surface area (Å²) in [5, 5.41) is 0. The summed E-state index contributed by atoms with van der Waals surface area (Å²) < 4.78 is 70.6. The SMILES string of the molecule is CCOc1cc(N)cc(OCC(F)(F)C(F)(F)F)c1. The van der Waals surface area contributed by atoms with Gasteiger partial charge in [-0.3, -0.25) is 0 Å². The van der Waals surface area contributed by atoms with Crippen molar-refractivity contribution in [2.75, 3.05) is 18.9 Å². The second-order valence-electron chi connectivity index (χ2n) is 3.66. The molecule has 0 aliphatic carbocycles. The highest BCUT2D eigenvalue weighted by Gasteiger charge is 2.58. The number of nitrogens with two attached hydrogens (primary N) is 1. The molecule has 19 heavy (non-hydrogen) atoms. The zero-order chi connectivity index (χ0) is 14.7. The van der Waals surface area contributed by atoms with Crippen LogP contribution in [0.2, 0.25) is 0 Å². The van der Waals surface area contributed by atoms with Gasteiger partial charge in [0.15, 0.2) is 6.61 Å². The van der Waals surface area contributed by atoms with Crippen LogP contribution in [0, 0.1) is 0 Å². The van der Waals surface area contributed by atoms with Crippen molar-refractivity contribution in [1.82, 2.24) is 0 Å². The van der Waals surface area contributed by atoms with Crippen LogP contribution in [-0.4, -0.2) is 25.3 Å². The van der Waals surface area contributed by atoms with E-state index in [1.807, 2.05) is 0 Å². The Labute approximate surface area is 106 Å². The molecule has 0 bridgehead atoms. The van der Waals surface area contributed by atoms with E-state index in [0.29, 0.717) is 6.61 Å². The predicted octanol–water partition coefficient (Wildman–Crippen LogP) is 3.24. The molecule has 0 saturated heterocycles. The van der Waals surface area contributed by atoms with Gasteiger partial charge in [0.2, 0.25) is 0 Å². The first kappa shape index (κ1) is 15.3. The third kappa shape index (κ3) is 4.15. The minimum Gasteiger partial charge on any atom is -0.494 e. The maximum Gasteiger partial charge on any atom is 0.456 e. The fourth-order valence-electron chi connectivity index (χ4n) is 1.18. The first-order valence-corrected chi connectivity index (χ1v) is 5.26. The summed E-state index contributed by atoms with van der Waals surface area (Å²) in [5.74, 6) is -4.91. The second-order valence-corrected chi connectivity index (χ2v) is 3.66. The van der Waals surface area contributed by atoms with Crippen molar-refractivity contribution in [2.45, 2.75) is 19.0 Å². The van der Waals surface area contributed by atoms with Gasteiger partial charge < -0.3 is 15.2 Å². The molecular weight excluding hydrogens is 273 g/mol. The van der Waals surface area contributed by atoms with Gasteiger partial charge in [0, 0.05) is 23.9 Å². The van der Waals surface area contributed by atoms with Gasteiger partial charge in [-0.1, -0.05) is 0 Å². The number of ether oxygens (including phenoxy) is 2. The third-order valence-corrected chi connectivity index (χ3v) is 2.05. The second kappa shape index (κ2) is 5.50. The molecule has 1 rings (SSSR count). The van der Waals surface area contributed by atoms with Crippen LogP contribution in [0.4, 0.5) is 27.6 Å². The molecule has 0 amide bonds. The van der Waals surface area contributed by atoms with Gasteiger partial charge in [-0.2, -0.15) is 22.0 Å². The van der Waals surface area contributed by atoms with Crippen molar-refractivity contribution in [3.8, 4) is 11.5 Å². The topological polar surface area (TPSA) is 44.5 Å². The zero-order valence-electron chi connectivity index (χ0n) is 9.93. The van der Waals surface area contributed by atoms with E-state index in [4.69, 9.17) is 10.5 Å². The van der Waals surface area contributed by atoms with E-state index in [0.717, 1.165) is 6.07 Å². The summed E-state index contributed by atoms with van der Waals surface area (Å²) in [4.78, 5) is 0. The van der Waals surface area contributed by atoms with Gasteiger partial charge in [0.25, 0.3) is 0 Å². The van der Waals surface area contributed by atoms with Crippen molar-refractivity contribution < 1.29 is 31.4 Å². The van der Waals surface area contributed by atoms with Crippen LogP contribution in [0.1, 0.15) is 6.92 Å². The number of anilines is 1. The lowest BCUT2D eigenvalue weighted by Crippen LogP contribution is -2.41. The van der Waals surface area contributed by atoms with Crippen LogP contribution >= 0.6 is 0 Å². The molecule has 0 spiro atoms. The molecule has 0 aromatic heterocycles. The Kier molecular flexibility index (Phi) is 4.43. The normalized spacial score (nSPS) is 12.3. The molecule has 0 saturated carbocycles. The summed E-state index contributed by atoms with van der Waals surface area (Å²) in [5.41, 5.74) is 5.58. The largest absolute Gasteiger partial charge is 0.494 e. The zero-order valence-corrected chi connectivity index (χ0v) is 9.93. The molecule has 108 valence electrons. The van der Waals surface area contributed by atoms with E-state index in [2.05, 4.69) is 4.74 Å². The van der Waals surface area contributed by atoms with Gasteiger partial charge in [-0.05, 0) is 6.92 Å². The minimum absolute atomic E-state index is 0.135. The molecule has 0 atom stereocenters. The Morgan fingerprint density at radius 3 is 2.00 bits per heavy atom. The first-order chi connectivity index (χ1) is 8.65. The maximum absolute atomic E-state index is 12.7. The van der Waals surface area contributed by atoms with E-state index in [9.17, 15) is 22.0 Å². The Morgan fingerprint density at radius 1 is 1.00 bits per heavy atom. The summed E-state index contributed by atoms with van der Waals surface area (Å²) >= 11 is 0. The van der Waals surface area contributed by atoms with Gasteiger partial charge in [0.05, 0.1) is 6.61 Å². The highest BCUT2D eigenvalue weighted by Crippen LogP contribution is 2.36. The van der Waals surface area contributed by atoms with Gasteiger partial charge >= 0.3 is 12.1 Å². The molecule has 0 heterocycles. The van der Waals surface area contributed by atoms with Gasteiger partial charge in [0.1, 0.15) is 11.5 Å². The number of nitrogen functional groups attached to an aromatic ring is 1. The fourth-order valence-corrected chi connectivity index (χ4v) is 1.18. The fraction of sp³-hybridized carbons (Fsp3) is 0.455. The lowest BCUT2D eigenvalue weighted by atomic mass is 10.3. The van der Waals surface area contributed by atoms with Crippen LogP contribution in [0.25, 0.3) is 0 Å². The van der Waals surface area contributed by atoms with Crippen LogP contribution in [0.3, 0.4) is 0 Å². The quantitative estimate of drug-likeness (QED) is 0.667. The Morgan fingerprint density at radius 2 is 1.53 bits per heavy atom. The lowest BCUT2D eigenvalue weighted by molar-refractivity contribution is -0.290. The van der Waals surface area contributed by atoms with Crippen LogP contribution < -0.4 is 15.2 Å². The highest BCUT2D eigenvalue weighted by molar-refractivity contribution is 5.50. The lowest BCUT2D eigenvalue weighted by Gasteiger charge is -2.20. The first-order valence-electron chi connectivity index (χ1n) is 5.26. The summed E-state index contributed by atoms with van der Waals surface area (Å²) in [6.45, 7) is 0.161. The van der Waals surface area contributed by atoms with Gasteiger partial charge in [-0.15, -0.1) is 0 Å². The third-order valence-electron chi connectivity index (χ3n) is 2.05. The average molecular weight is 285 g/mol. The molecule has 1 aromatic rings. The molecule has 2 N–H and O–H groups in total. The number of rotatable bonds is 5. The number of hydrogen-bond donors (Lipinski definition) is 1. The molecule has 0 radical (unpaired) electrons. The molecule has 0 aliphatic rings. The van der Waals surface area contributed by atoms with Crippen molar-refractivity contribution in [2.24, 2.45) is 0 Å². The molecular formula is C11H12F5NO2. The van der Waals surface area contributed by atoms with E-state index >= 15 is 0 Å². The smallest absolute Gasteiger partial charge is 0.456 e. The summed E-state index contributed by atoms with van der Waals surface area (Å²) in [7, 11) is 0. The van der Waals surface area contributed by atoms with E-state index in [1.54, 1.807) is 6.92 Å². The van der Waals surface area contributed by atoms with E-state index in [-0.39, 0.29) is 17.2 Å². The number of benzene rings is 1. The van der Waals surface area contributed by atoms with Crippen molar-refractivity contribution in [3.05, 3.63) is 18.2 Å². The van der Waals surface area contributed by atoms with Crippen LogP contribution in [-0.2, 0) is 0 Å². The van der Waals surface area contributed by atoms with Crippen molar-refractivity contribution in [1.29, 1.82) is 0 Å². The van der Waals surface area contributed by atoms with Crippen molar-refractivity contribution in [3.63, 3.8) is 0 Å². The van der Waals surface area contributed by atoms with E-state index < -0.39 is 18.7 Å². The molecule has 1 aromatic carbocycles. The average Bonchev–Trinajstić information content (AvgIpc) is 2.25. The van der Waals surface area contributed by atoms with Crippen molar-refractivity contribution >= 4 is 5.69 Å². The minimum atomic E-state index is -5.66. The van der Waals surface area contributed by atoms with Crippen LogP contribution in [0.15, 0.2) is 18.2 Å². The Balaban J connectivity index is 2.78. The molecule has 3 nitrogen and oxygen atoms in total. The number of halogens is 5. The molecule has 0 unspecified atom stereocenters. The highest BCUT2D eigenvalue weighted by atomic mass is 19.4. The van der Waals surface area contributed by atoms with Gasteiger partial charge in [-0.25, -0.2) is 0 Å². The standard InChI is InChI=1S/C11H12F5NO2/c1-2-18-8-3-7(17)4-9(5-8)19-6-10(12,13)11(14,15)16/h3-5H,2,6,17H2,1H3. The summed E-state index contributed by atoms with van der Waals surface area (Å²) in [6.07, 6.45) is -5.66. The number of hydrogen-bond acceptors (Lipinski definition) is 3. The predicted molar refractivity (Wildman–Crippen MR) is 58.5 cm³/mol. The monoisotopic (exact) mass is 285 g/mol. The van der Waals surface area contributed by atoms with E-state index in [1.165, 1.54) is 12.1 Å². The summed E-state index contributed by atoms with van der Waals surface area (Å²) in [6, 6.07) is 3.72. The molecule has 8 heteroatoms. The molecule has 0 aliphatic heterocycles. The Hall–Kier alpha value is -1.73. The number of alkyl halides is 5. The maximum atomic E-state index is 12.7.